The zero-order valence-corrected chi connectivity index (χ0v) is 12.9. The predicted octanol–water partition coefficient (Wildman–Crippen LogP) is 1.89. The SMILES string of the molecule is CCC(C)N(CC(=O)O)C(=O)NCCc1csc(C)n1. The van der Waals surface area contributed by atoms with Gasteiger partial charge in [-0.1, -0.05) is 6.92 Å². The van der Waals surface area contributed by atoms with Gasteiger partial charge in [-0.2, -0.15) is 0 Å². The predicted molar refractivity (Wildman–Crippen MR) is 78.0 cm³/mol. The van der Waals surface area contributed by atoms with Gasteiger partial charge in [0, 0.05) is 24.4 Å². The van der Waals surface area contributed by atoms with Gasteiger partial charge in [0.25, 0.3) is 0 Å². The first kappa shape index (κ1) is 16.4. The molecule has 0 spiro atoms. The van der Waals surface area contributed by atoms with E-state index in [1.54, 1.807) is 11.3 Å². The van der Waals surface area contributed by atoms with Crippen molar-refractivity contribution in [1.82, 2.24) is 15.2 Å². The summed E-state index contributed by atoms with van der Waals surface area (Å²) in [7, 11) is 0. The Bertz CT molecular complexity index is 461. The van der Waals surface area contributed by atoms with Gasteiger partial charge in [0.05, 0.1) is 10.7 Å². The van der Waals surface area contributed by atoms with E-state index >= 15 is 0 Å². The van der Waals surface area contributed by atoms with Crippen LogP contribution in [0, 0.1) is 6.92 Å². The Labute approximate surface area is 122 Å². The lowest BCUT2D eigenvalue weighted by molar-refractivity contribution is -0.138. The Hall–Kier alpha value is -1.63. The van der Waals surface area contributed by atoms with Crippen molar-refractivity contribution in [2.75, 3.05) is 13.1 Å². The molecule has 0 aliphatic rings. The topological polar surface area (TPSA) is 82.5 Å². The molecule has 2 N–H and O–H groups in total. The van der Waals surface area contributed by atoms with Gasteiger partial charge in [0.1, 0.15) is 6.54 Å². The minimum atomic E-state index is -1.00. The Morgan fingerprint density at radius 2 is 2.25 bits per heavy atom. The summed E-state index contributed by atoms with van der Waals surface area (Å²) in [5.74, 6) is -1.00. The van der Waals surface area contributed by atoms with Crippen LogP contribution in [0.5, 0.6) is 0 Å². The van der Waals surface area contributed by atoms with Crippen LogP contribution in [0.25, 0.3) is 0 Å². The van der Waals surface area contributed by atoms with Crippen LogP contribution in [-0.4, -0.2) is 46.1 Å². The van der Waals surface area contributed by atoms with Crippen molar-refractivity contribution in [2.45, 2.75) is 39.7 Å². The van der Waals surface area contributed by atoms with E-state index in [1.165, 1.54) is 4.90 Å². The highest BCUT2D eigenvalue weighted by Crippen LogP contribution is 2.08. The molecular formula is C13H21N3O3S. The highest BCUT2D eigenvalue weighted by molar-refractivity contribution is 7.09. The molecule has 0 saturated heterocycles. The summed E-state index contributed by atoms with van der Waals surface area (Å²) in [6, 6.07) is -0.443. The summed E-state index contributed by atoms with van der Waals surface area (Å²) in [6.07, 6.45) is 1.36. The minimum Gasteiger partial charge on any atom is -0.480 e. The second-order valence-corrected chi connectivity index (χ2v) is 5.68. The standard InChI is InChI=1S/C13H21N3O3S/c1-4-9(2)16(7-12(17)18)13(19)14-6-5-11-8-20-10(3)15-11/h8-9H,4-7H2,1-3H3,(H,14,19)(H,17,18). The van der Waals surface area contributed by atoms with E-state index in [1.807, 2.05) is 26.2 Å². The highest BCUT2D eigenvalue weighted by atomic mass is 32.1. The maximum absolute atomic E-state index is 12.0. The molecule has 0 radical (unpaired) electrons. The molecule has 6 nitrogen and oxygen atoms in total. The van der Waals surface area contributed by atoms with Crippen molar-refractivity contribution in [3.05, 3.63) is 16.1 Å². The van der Waals surface area contributed by atoms with E-state index in [9.17, 15) is 9.59 Å². The first-order valence-corrected chi connectivity index (χ1v) is 7.49. The number of urea groups is 1. The molecule has 0 saturated carbocycles. The van der Waals surface area contributed by atoms with Crippen molar-refractivity contribution in [3.63, 3.8) is 0 Å². The van der Waals surface area contributed by atoms with Gasteiger partial charge in [-0.15, -0.1) is 11.3 Å². The Kier molecular flexibility index (Phi) is 6.44. The second-order valence-electron chi connectivity index (χ2n) is 4.62. The third-order valence-corrected chi connectivity index (χ3v) is 3.84. The number of nitrogens with zero attached hydrogens (tertiary/aromatic N) is 2. The number of hydrogen-bond donors (Lipinski definition) is 2. The lowest BCUT2D eigenvalue weighted by Crippen LogP contribution is -2.47. The number of aromatic nitrogens is 1. The quantitative estimate of drug-likeness (QED) is 0.805. The molecule has 1 heterocycles. The number of carbonyl (C=O) groups is 2. The van der Waals surface area contributed by atoms with Crippen molar-refractivity contribution in [3.8, 4) is 0 Å². The average Bonchev–Trinajstić information content (AvgIpc) is 2.80. The molecule has 0 aromatic carbocycles. The zero-order chi connectivity index (χ0) is 15.1. The lowest BCUT2D eigenvalue weighted by atomic mass is 10.2. The van der Waals surface area contributed by atoms with Crippen molar-refractivity contribution < 1.29 is 14.7 Å². The number of nitrogens with one attached hydrogen (secondary N) is 1. The van der Waals surface area contributed by atoms with E-state index in [2.05, 4.69) is 10.3 Å². The van der Waals surface area contributed by atoms with Crippen LogP contribution in [0.3, 0.4) is 0 Å². The van der Waals surface area contributed by atoms with Crippen LogP contribution in [-0.2, 0) is 11.2 Å². The second kappa shape index (κ2) is 7.84. The van der Waals surface area contributed by atoms with E-state index < -0.39 is 5.97 Å². The van der Waals surface area contributed by atoms with Gasteiger partial charge < -0.3 is 15.3 Å². The maximum atomic E-state index is 12.0. The van der Waals surface area contributed by atoms with Crippen molar-refractivity contribution in [2.24, 2.45) is 0 Å². The van der Waals surface area contributed by atoms with Crippen molar-refractivity contribution in [1.29, 1.82) is 0 Å². The smallest absolute Gasteiger partial charge is 0.323 e. The molecule has 0 fully saturated rings. The average molecular weight is 299 g/mol. The van der Waals surface area contributed by atoms with E-state index in [0.29, 0.717) is 19.4 Å². The van der Waals surface area contributed by atoms with Crippen LogP contribution in [0.4, 0.5) is 4.79 Å². The number of rotatable bonds is 7. The van der Waals surface area contributed by atoms with Gasteiger partial charge in [0.2, 0.25) is 0 Å². The molecule has 1 aromatic heterocycles. The molecule has 1 aromatic rings. The molecule has 20 heavy (non-hydrogen) atoms. The van der Waals surface area contributed by atoms with Crippen LogP contribution >= 0.6 is 11.3 Å². The highest BCUT2D eigenvalue weighted by Gasteiger charge is 2.21. The van der Waals surface area contributed by atoms with Crippen LogP contribution in [0.1, 0.15) is 31.0 Å². The Balaban J connectivity index is 2.47. The summed E-state index contributed by atoms with van der Waals surface area (Å²) in [5.41, 5.74) is 0.945. The maximum Gasteiger partial charge on any atom is 0.323 e. The summed E-state index contributed by atoms with van der Waals surface area (Å²) >= 11 is 1.57. The number of thiazole rings is 1. The number of hydrogen-bond acceptors (Lipinski definition) is 4. The Morgan fingerprint density at radius 1 is 1.55 bits per heavy atom. The zero-order valence-electron chi connectivity index (χ0n) is 12.0. The van der Waals surface area contributed by atoms with Crippen LogP contribution in [0.2, 0.25) is 0 Å². The van der Waals surface area contributed by atoms with Gasteiger partial charge in [-0.05, 0) is 20.3 Å². The fourth-order valence-electron chi connectivity index (χ4n) is 1.72. The van der Waals surface area contributed by atoms with Gasteiger partial charge in [-0.3, -0.25) is 4.79 Å². The summed E-state index contributed by atoms with van der Waals surface area (Å²) < 4.78 is 0. The molecular weight excluding hydrogens is 278 g/mol. The fourth-order valence-corrected chi connectivity index (χ4v) is 2.36. The number of carbonyl (C=O) groups excluding carboxylic acids is 1. The van der Waals surface area contributed by atoms with Gasteiger partial charge in [-0.25, -0.2) is 9.78 Å². The molecule has 112 valence electrons. The summed E-state index contributed by atoms with van der Waals surface area (Å²) in [4.78, 5) is 28.5. The number of amides is 2. The van der Waals surface area contributed by atoms with E-state index in [4.69, 9.17) is 5.11 Å². The van der Waals surface area contributed by atoms with Crippen molar-refractivity contribution >= 4 is 23.3 Å². The largest absolute Gasteiger partial charge is 0.480 e. The number of aliphatic carboxylic acids is 1. The summed E-state index contributed by atoms with van der Waals surface area (Å²) in [6.45, 7) is 5.87. The first-order valence-electron chi connectivity index (χ1n) is 6.61. The molecule has 0 aliphatic carbocycles. The lowest BCUT2D eigenvalue weighted by Gasteiger charge is -2.27. The first-order chi connectivity index (χ1) is 9.43. The minimum absolute atomic E-state index is 0.104. The number of carboxylic acids is 1. The molecule has 2 amide bonds. The molecule has 7 heteroatoms. The number of carboxylic acid groups (broad SMARTS) is 1. The fraction of sp³-hybridized carbons (Fsp3) is 0.615. The third kappa shape index (κ3) is 5.16. The van der Waals surface area contributed by atoms with Gasteiger partial charge >= 0.3 is 12.0 Å². The number of aryl methyl sites for hydroxylation is 1. The monoisotopic (exact) mass is 299 g/mol. The van der Waals surface area contributed by atoms with E-state index in [0.717, 1.165) is 10.7 Å². The normalized spacial score (nSPS) is 11.9. The summed E-state index contributed by atoms with van der Waals surface area (Å²) in [5, 5.41) is 14.6. The third-order valence-electron chi connectivity index (χ3n) is 3.01. The van der Waals surface area contributed by atoms with Crippen LogP contribution < -0.4 is 5.32 Å². The van der Waals surface area contributed by atoms with Crippen LogP contribution in [0.15, 0.2) is 5.38 Å². The molecule has 1 rings (SSSR count). The molecule has 1 atom stereocenters. The van der Waals surface area contributed by atoms with Gasteiger partial charge in [0.15, 0.2) is 0 Å². The van der Waals surface area contributed by atoms with E-state index in [-0.39, 0.29) is 18.6 Å². The molecule has 1 unspecified atom stereocenters. The molecule has 0 aliphatic heterocycles. The Morgan fingerprint density at radius 3 is 2.75 bits per heavy atom. The molecule has 0 bridgehead atoms.